The van der Waals surface area contributed by atoms with E-state index in [2.05, 4.69) is 23.0 Å². The Morgan fingerprint density at radius 2 is 2.44 bits per heavy atom. The molecule has 1 heterocycles. The number of likely N-dealkylation sites (N-methyl/N-ethyl adjacent to an activating group) is 1. The van der Waals surface area contributed by atoms with E-state index in [1.807, 2.05) is 0 Å². The van der Waals surface area contributed by atoms with Crippen LogP contribution in [0.15, 0.2) is 18.3 Å². The number of nitriles is 1. The van der Waals surface area contributed by atoms with Crippen molar-refractivity contribution in [2.75, 3.05) is 20.2 Å². The van der Waals surface area contributed by atoms with E-state index in [1.165, 1.54) is 12.8 Å². The number of ether oxygens (including phenoxy) is 1. The van der Waals surface area contributed by atoms with Crippen LogP contribution >= 0.6 is 0 Å². The maximum atomic E-state index is 8.84. The van der Waals surface area contributed by atoms with E-state index in [0.29, 0.717) is 18.1 Å². The molecule has 1 fully saturated rings. The van der Waals surface area contributed by atoms with Gasteiger partial charge in [-0.2, -0.15) is 5.26 Å². The molecular formula is C12H15N3O. The molecule has 1 aromatic rings. The van der Waals surface area contributed by atoms with Gasteiger partial charge in [0.15, 0.2) is 0 Å². The first kappa shape index (κ1) is 10.9. The lowest BCUT2D eigenvalue weighted by molar-refractivity contribution is 0.226. The molecule has 0 aromatic carbocycles. The third kappa shape index (κ3) is 2.71. The lowest BCUT2D eigenvalue weighted by Gasteiger charge is -2.15. The second-order valence-electron chi connectivity index (χ2n) is 4.03. The van der Waals surface area contributed by atoms with Gasteiger partial charge >= 0.3 is 0 Å². The molecule has 16 heavy (non-hydrogen) atoms. The lowest BCUT2D eigenvalue weighted by Crippen LogP contribution is -2.26. The molecule has 0 radical (unpaired) electrons. The molecule has 4 heteroatoms. The summed E-state index contributed by atoms with van der Waals surface area (Å²) in [4.78, 5) is 6.33. The summed E-state index contributed by atoms with van der Waals surface area (Å²) in [6, 6.07) is 6.26. The Labute approximate surface area is 95.5 Å². The van der Waals surface area contributed by atoms with Crippen LogP contribution in [0.3, 0.4) is 0 Å². The molecule has 0 saturated heterocycles. The first-order valence-electron chi connectivity index (χ1n) is 5.49. The van der Waals surface area contributed by atoms with Crippen LogP contribution in [0.5, 0.6) is 5.88 Å². The van der Waals surface area contributed by atoms with E-state index in [-0.39, 0.29) is 0 Å². The van der Waals surface area contributed by atoms with Crippen molar-refractivity contribution in [1.82, 2.24) is 9.88 Å². The molecule has 0 amide bonds. The van der Waals surface area contributed by atoms with Gasteiger partial charge in [-0.1, -0.05) is 0 Å². The van der Waals surface area contributed by atoms with Crippen molar-refractivity contribution < 1.29 is 4.74 Å². The van der Waals surface area contributed by atoms with E-state index in [9.17, 15) is 0 Å². The van der Waals surface area contributed by atoms with E-state index >= 15 is 0 Å². The van der Waals surface area contributed by atoms with E-state index in [4.69, 9.17) is 10.00 Å². The molecule has 4 nitrogen and oxygen atoms in total. The summed E-state index contributed by atoms with van der Waals surface area (Å²) in [7, 11) is 2.10. The van der Waals surface area contributed by atoms with Crippen LogP contribution in [0.1, 0.15) is 18.4 Å². The van der Waals surface area contributed by atoms with E-state index in [0.717, 1.165) is 12.6 Å². The van der Waals surface area contributed by atoms with Crippen LogP contribution in [0.4, 0.5) is 0 Å². The molecule has 0 aliphatic heterocycles. The summed E-state index contributed by atoms with van der Waals surface area (Å²) < 4.78 is 5.50. The largest absolute Gasteiger partial charge is 0.475 e. The molecule has 0 atom stereocenters. The maximum absolute atomic E-state index is 8.84. The average molecular weight is 217 g/mol. The fourth-order valence-corrected chi connectivity index (χ4v) is 1.58. The van der Waals surface area contributed by atoms with Crippen LogP contribution in [-0.2, 0) is 0 Å². The highest BCUT2D eigenvalue weighted by molar-refractivity contribution is 5.36. The summed E-state index contributed by atoms with van der Waals surface area (Å²) in [5, 5.41) is 8.84. The van der Waals surface area contributed by atoms with Crippen LogP contribution in [0.2, 0.25) is 0 Å². The zero-order valence-corrected chi connectivity index (χ0v) is 9.39. The molecule has 1 saturated carbocycles. The van der Waals surface area contributed by atoms with Crippen molar-refractivity contribution in [2.24, 2.45) is 0 Å². The average Bonchev–Trinajstić information content (AvgIpc) is 3.13. The Hall–Kier alpha value is -1.60. The molecule has 0 unspecified atom stereocenters. The lowest BCUT2D eigenvalue weighted by atomic mass is 10.3. The molecular weight excluding hydrogens is 202 g/mol. The Morgan fingerprint density at radius 3 is 3.12 bits per heavy atom. The number of aromatic nitrogens is 1. The number of rotatable bonds is 5. The van der Waals surface area contributed by atoms with Crippen molar-refractivity contribution in [3.63, 3.8) is 0 Å². The first-order chi connectivity index (χ1) is 7.81. The van der Waals surface area contributed by atoms with Crippen molar-refractivity contribution in [1.29, 1.82) is 5.26 Å². The van der Waals surface area contributed by atoms with Gasteiger partial charge < -0.3 is 9.64 Å². The summed E-state index contributed by atoms with van der Waals surface area (Å²) in [6.45, 7) is 1.46. The van der Waals surface area contributed by atoms with E-state index < -0.39 is 0 Å². The standard InChI is InChI=1S/C12H15N3O/c1-15(11-4-5-11)7-8-16-12-10(9-13)3-2-6-14-12/h2-3,6,11H,4-5,7-8H2,1H3. The minimum Gasteiger partial charge on any atom is -0.475 e. The van der Waals surface area contributed by atoms with Gasteiger partial charge in [0, 0.05) is 18.8 Å². The molecule has 0 N–H and O–H groups in total. The van der Waals surface area contributed by atoms with Gasteiger partial charge in [-0.05, 0) is 32.0 Å². The second-order valence-corrected chi connectivity index (χ2v) is 4.03. The topological polar surface area (TPSA) is 49.1 Å². The van der Waals surface area contributed by atoms with Crippen molar-refractivity contribution in [3.05, 3.63) is 23.9 Å². The predicted molar refractivity (Wildman–Crippen MR) is 60.1 cm³/mol. The van der Waals surface area contributed by atoms with E-state index in [1.54, 1.807) is 18.3 Å². The highest BCUT2D eigenvalue weighted by Crippen LogP contribution is 2.24. The quantitative estimate of drug-likeness (QED) is 0.748. The smallest absolute Gasteiger partial charge is 0.231 e. The summed E-state index contributed by atoms with van der Waals surface area (Å²) in [5.41, 5.74) is 0.497. The predicted octanol–water partition coefficient (Wildman–Crippen LogP) is 1.43. The Balaban J connectivity index is 1.82. The van der Waals surface area contributed by atoms with Gasteiger partial charge in [-0.3, -0.25) is 0 Å². The Bertz CT molecular complexity index is 395. The highest BCUT2D eigenvalue weighted by Gasteiger charge is 2.25. The molecule has 0 spiro atoms. The van der Waals surface area contributed by atoms with Crippen LogP contribution in [0.25, 0.3) is 0 Å². The van der Waals surface area contributed by atoms with Gasteiger partial charge in [-0.25, -0.2) is 4.98 Å². The zero-order chi connectivity index (χ0) is 11.4. The Morgan fingerprint density at radius 1 is 1.62 bits per heavy atom. The maximum Gasteiger partial charge on any atom is 0.231 e. The minimum absolute atomic E-state index is 0.439. The van der Waals surface area contributed by atoms with Gasteiger partial charge in [0.05, 0.1) is 0 Å². The third-order valence-electron chi connectivity index (χ3n) is 2.74. The molecule has 1 aliphatic carbocycles. The van der Waals surface area contributed by atoms with Crippen LogP contribution < -0.4 is 4.74 Å². The van der Waals surface area contributed by atoms with Gasteiger partial charge in [0.25, 0.3) is 0 Å². The monoisotopic (exact) mass is 217 g/mol. The number of hydrogen-bond donors (Lipinski definition) is 0. The Kier molecular flexibility index (Phi) is 3.37. The van der Waals surface area contributed by atoms with Crippen LogP contribution in [-0.4, -0.2) is 36.1 Å². The normalized spacial score (nSPS) is 14.8. The van der Waals surface area contributed by atoms with Gasteiger partial charge in [0.2, 0.25) is 5.88 Å². The molecule has 0 bridgehead atoms. The van der Waals surface area contributed by atoms with Crippen molar-refractivity contribution in [3.8, 4) is 11.9 Å². The highest BCUT2D eigenvalue weighted by atomic mass is 16.5. The molecule has 84 valence electrons. The third-order valence-corrected chi connectivity index (χ3v) is 2.74. The fraction of sp³-hybridized carbons (Fsp3) is 0.500. The minimum atomic E-state index is 0.439. The number of pyridine rings is 1. The number of hydrogen-bond acceptors (Lipinski definition) is 4. The second kappa shape index (κ2) is 4.95. The summed E-state index contributed by atoms with van der Waals surface area (Å²) in [6.07, 6.45) is 4.23. The first-order valence-corrected chi connectivity index (χ1v) is 5.49. The summed E-state index contributed by atoms with van der Waals surface area (Å²) in [5.74, 6) is 0.439. The van der Waals surface area contributed by atoms with Crippen molar-refractivity contribution >= 4 is 0 Å². The fourth-order valence-electron chi connectivity index (χ4n) is 1.58. The molecule has 1 aromatic heterocycles. The van der Waals surface area contributed by atoms with Crippen molar-refractivity contribution in [2.45, 2.75) is 18.9 Å². The van der Waals surface area contributed by atoms with Gasteiger partial charge in [0.1, 0.15) is 18.2 Å². The molecule has 2 rings (SSSR count). The SMILES string of the molecule is CN(CCOc1ncccc1C#N)C1CC1. The van der Waals surface area contributed by atoms with Gasteiger partial charge in [-0.15, -0.1) is 0 Å². The zero-order valence-electron chi connectivity index (χ0n) is 9.39. The number of nitrogens with zero attached hydrogens (tertiary/aromatic N) is 3. The summed E-state index contributed by atoms with van der Waals surface area (Å²) >= 11 is 0. The molecule has 1 aliphatic rings. The van der Waals surface area contributed by atoms with Crippen LogP contribution in [0, 0.1) is 11.3 Å².